The molecule has 68 valence electrons. The van der Waals surface area contributed by atoms with Crippen molar-refractivity contribution in [3.63, 3.8) is 0 Å². The number of nitriles is 1. The number of nitrogens with zero attached hydrogens (tertiary/aromatic N) is 1. The van der Waals surface area contributed by atoms with Gasteiger partial charge in [-0.05, 0) is 36.1 Å². The van der Waals surface area contributed by atoms with E-state index in [1.807, 2.05) is 18.2 Å². The van der Waals surface area contributed by atoms with Crippen LogP contribution in [-0.4, -0.2) is 0 Å². The van der Waals surface area contributed by atoms with E-state index in [1.165, 1.54) is 11.1 Å². The first-order chi connectivity index (χ1) is 5.81. The van der Waals surface area contributed by atoms with Crippen LogP contribution < -0.4 is 5.73 Å². The Bertz CT molecular complexity index is 350. The molecule has 13 heavy (non-hydrogen) atoms. The van der Waals surface area contributed by atoms with Crippen molar-refractivity contribution in [2.45, 2.75) is 26.3 Å². The van der Waals surface area contributed by atoms with E-state index in [0.29, 0.717) is 0 Å². The highest BCUT2D eigenvalue weighted by molar-refractivity contribution is 5.41. The van der Waals surface area contributed by atoms with Gasteiger partial charge in [-0.1, -0.05) is 13.5 Å². The highest BCUT2D eigenvalue weighted by Crippen LogP contribution is 2.29. The predicted molar refractivity (Wildman–Crippen MR) is 53.1 cm³/mol. The van der Waals surface area contributed by atoms with Crippen LogP contribution in [0.1, 0.15) is 36.6 Å². The van der Waals surface area contributed by atoms with Crippen LogP contribution in [0, 0.1) is 11.3 Å². The quantitative estimate of drug-likeness (QED) is 0.655. The van der Waals surface area contributed by atoms with Gasteiger partial charge in [-0.25, -0.2) is 0 Å². The van der Waals surface area contributed by atoms with E-state index in [1.54, 1.807) is 0 Å². The van der Waals surface area contributed by atoms with E-state index < -0.39 is 0 Å². The Hall–Kier alpha value is -1.33. The lowest BCUT2D eigenvalue weighted by Gasteiger charge is -2.03. The zero-order chi connectivity index (χ0) is 8.55. The van der Waals surface area contributed by atoms with E-state index in [4.69, 9.17) is 11.0 Å². The molecule has 0 aliphatic heterocycles. The molecule has 0 heterocycles. The minimum absolute atomic E-state index is 0. The van der Waals surface area contributed by atoms with Gasteiger partial charge in [0.1, 0.15) is 0 Å². The molecule has 1 aliphatic carbocycles. The molecule has 0 amide bonds. The van der Waals surface area contributed by atoms with Crippen molar-refractivity contribution in [3.8, 4) is 6.07 Å². The third-order valence-electron chi connectivity index (χ3n) is 2.40. The molecule has 0 aromatic heterocycles. The topological polar surface area (TPSA) is 49.8 Å². The summed E-state index contributed by atoms with van der Waals surface area (Å²) >= 11 is 0. The number of fused-ring (bicyclic) bond motifs is 1. The van der Waals surface area contributed by atoms with Gasteiger partial charge in [0.15, 0.2) is 0 Å². The van der Waals surface area contributed by atoms with E-state index in [-0.39, 0.29) is 13.5 Å². The molecule has 2 heteroatoms. The van der Waals surface area contributed by atoms with Gasteiger partial charge in [0.25, 0.3) is 0 Å². The first-order valence-corrected chi connectivity index (χ1v) is 4.10. The standard InChI is InChI=1S/C10H10N2.CH4/c11-6-7-1-3-9-8(5-7)2-4-10(9)12;/h1,3,5,10H,2,4,12H2;1H4. The molecule has 1 aromatic rings. The largest absolute Gasteiger partial charge is 0.324 e. The number of hydrogen-bond acceptors (Lipinski definition) is 2. The fourth-order valence-electron chi connectivity index (χ4n) is 1.72. The Labute approximate surface area is 79.0 Å². The van der Waals surface area contributed by atoms with E-state index in [9.17, 15) is 0 Å². The van der Waals surface area contributed by atoms with Crippen molar-refractivity contribution in [3.05, 3.63) is 34.9 Å². The third-order valence-corrected chi connectivity index (χ3v) is 2.40. The van der Waals surface area contributed by atoms with Crippen LogP contribution in [0.5, 0.6) is 0 Å². The van der Waals surface area contributed by atoms with Crippen molar-refractivity contribution in [1.29, 1.82) is 5.26 Å². The van der Waals surface area contributed by atoms with Crippen LogP contribution in [0.4, 0.5) is 0 Å². The Morgan fingerprint density at radius 1 is 1.46 bits per heavy atom. The number of hydrogen-bond donors (Lipinski definition) is 1. The predicted octanol–water partition coefficient (Wildman–Crippen LogP) is 2.14. The Kier molecular flexibility index (Phi) is 2.69. The van der Waals surface area contributed by atoms with Crippen molar-refractivity contribution in [2.75, 3.05) is 0 Å². The lowest BCUT2D eigenvalue weighted by Crippen LogP contribution is -2.04. The summed E-state index contributed by atoms with van der Waals surface area (Å²) in [4.78, 5) is 0. The second-order valence-electron chi connectivity index (χ2n) is 3.17. The lowest BCUT2D eigenvalue weighted by atomic mass is 10.1. The molecule has 0 saturated heterocycles. The molecule has 2 rings (SSSR count). The van der Waals surface area contributed by atoms with Crippen molar-refractivity contribution >= 4 is 0 Å². The van der Waals surface area contributed by atoms with Gasteiger partial charge in [-0.15, -0.1) is 0 Å². The maximum absolute atomic E-state index is 8.65. The van der Waals surface area contributed by atoms with Gasteiger partial charge >= 0.3 is 0 Å². The maximum Gasteiger partial charge on any atom is 0.0991 e. The molecular weight excluding hydrogens is 160 g/mol. The SMILES string of the molecule is C.N#Cc1ccc2c(c1)CCC2N. The number of rotatable bonds is 0. The number of benzene rings is 1. The molecule has 1 unspecified atom stereocenters. The molecule has 0 saturated carbocycles. The molecule has 1 aliphatic rings. The monoisotopic (exact) mass is 174 g/mol. The summed E-state index contributed by atoms with van der Waals surface area (Å²) in [5.74, 6) is 0. The van der Waals surface area contributed by atoms with E-state index in [2.05, 4.69) is 6.07 Å². The van der Waals surface area contributed by atoms with Crippen LogP contribution >= 0.6 is 0 Å². The fourth-order valence-corrected chi connectivity index (χ4v) is 1.72. The molecule has 0 bridgehead atoms. The second kappa shape index (κ2) is 3.59. The summed E-state index contributed by atoms with van der Waals surface area (Å²) < 4.78 is 0. The maximum atomic E-state index is 8.65. The summed E-state index contributed by atoms with van der Waals surface area (Å²) in [7, 11) is 0. The van der Waals surface area contributed by atoms with Crippen LogP contribution in [0.15, 0.2) is 18.2 Å². The molecule has 1 aromatic carbocycles. The average Bonchev–Trinajstić information content (AvgIpc) is 2.47. The number of aryl methyl sites for hydroxylation is 1. The highest BCUT2D eigenvalue weighted by atomic mass is 14.6. The summed E-state index contributed by atoms with van der Waals surface area (Å²) in [6, 6.07) is 8.08. The molecule has 2 nitrogen and oxygen atoms in total. The zero-order valence-electron chi connectivity index (χ0n) is 6.75. The fraction of sp³-hybridized carbons (Fsp3) is 0.364. The van der Waals surface area contributed by atoms with Gasteiger partial charge < -0.3 is 5.73 Å². The highest BCUT2D eigenvalue weighted by Gasteiger charge is 2.18. The Morgan fingerprint density at radius 3 is 2.92 bits per heavy atom. The first-order valence-electron chi connectivity index (χ1n) is 4.10. The van der Waals surface area contributed by atoms with Crippen LogP contribution in [0.25, 0.3) is 0 Å². The van der Waals surface area contributed by atoms with Crippen molar-refractivity contribution in [1.82, 2.24) is 0 Å². The second-order valence-corrected chi connectivity index (χ2v) is 3.17. The zero-order valence-corrected chi connectivity index (χ0v) is 6.75. The van der Waals surface area contributed by atoms with Gasteiger partial charge in [0.2, 0.25) is 0 Å². The van der Waals surface area contributed by atoms with Gasteiger partial charge in [0, 0.05) is 6.04 Å². The van der Waals surface area contributed by atoms with Crippen molar-refractivity contribution < 1.29 is 0 Å². The number of nitrogens with two attached hydrogens (primary N) is 1. The van der Waals surface area contributed by atoms with Gasteiger partial charge in [-0.2, -0.15) is 5.26 Å². The minimum Gasteiger partial charge on any atom is -0.324 e. The summed E-state index contributed by atoms with van der Waals surface area (Å²) in [5, 5.41) is 8.65. The van der Waals surface area contributed by atoms with Crippen LogP contribution in [0.3, 0.4) is 0 Å². The average molecular weight is 174 g/mol. The van der Waals surface area contributed by atoms with Gasteiger partial charge in [-0.3, -0.25) is 0 Å². The molecule has 2 N–H and O–H groups in total. The minimum atomic E-state index is 0. The summed E-state index contributed by atoms with van der Waals surface area (Å²) in [5.41, 5.74) is 9.06. The van der Waals surface area contributed by atoms with Crippen LogP contribution in [0.2, 0.25) is 0 Å². The third kappa shape index (κ3) is 1.56. The van der Waals surface area contributed by atoms with Crippen LogP contribution in [-0.2, 0) is 6.42 Å². The molecule has 1 atom stereocenters. The smallest absolute Gasteiger partial charge is 0.0991 e. The Morgan fingerprint density at radius 2 is 2.23 bits per heavy atom. The molecule has 0 spiro atoms. The summed E-state index contributed by atoms with van der Waals surface area (Å²) in [6.45, 7) is 0. The molecular formula is C11H14N2. The normalized spacial score (nSPS) is 18.6. The summed E-state index contributed by atoms with van der Waals surface area (Å²) in [6.07, 6.45) is 2.04. The molecule has 0 radical (unpaired) electrons. The van der Waals surface area contributed by atoms with E-state index >= 15 is 0 Å². The molecule has 0 fully saturated rings. The lowest BCUT2D eigenvalue weighted by molar-refractivity contribution is 0.713. The van der Waals surface area contributed by atoms with Gasteiger partial charge in [0.05, 0.1) is 11.6 Å². The Balaban J connectivity index is 0.000000845. The van der Waals surface area contributed by atoms with E-state index in [0.717, 1.165) is 18.4 Å². The first kappa shape index (κ1) is 9.76. The van der Waals surface area contributed by atoms with Crippen molar-refractivity contribution in [2.24, 2.45) is 5.73 Å².